The number of nitrogens with zero attached hydrogens (tertiary/aromatic N) is 2. The van der Waals surface area contributed by atoms with Crippen molar-refractivity contribution < 1.29 is 14.7 Å². The maximum Gasteiger partial charge on any atom is 0.278 e. The van der Waals surface area contributed by atoms with Gasteiger partial charge in [-0.15, -0.1) is 0 Å². The Labute approximate surface area is 158 Å². The molecule has 0 radical (unpaired) electrons. The van der Waals surface area contributed by atoms with Gasteiger partial charge in [0.15, 0.2) is 5.71 Å². The van der Waals surface area contributed by atoms with Gasteiger partial charge in [-0.3, -0.25) is 9.69 Å². The molecule has 0 spiro atoms. The lowest BCUT2D eigenvalue weighted by Crippen LogP contribution is -2.31. The van der Waals surface area contributed by atoms with Crippen molar-refractivity contribution in [2.24, 2.45) is 5.16 Å². The van der Waals surface area contributed by atoms with E-state index < -0.39 is 0 Å². The molecule has 0 bridgehead atoms. The minimum atomic E-state index is -0.362. The molecule has 2 aromatic carbocycles. The van der Waals surface area contributed by atoms with E-state index in [-0.39, 0.29) is 11.6 Å². The first-order valence-electron chi connectivity index (χ1n) is 9.35. The number of rotatable bonds is 4. The Balaban J connectivity index is 1.97. The van der Waals surface area contributed by atoms with Crippen LogP contribution in [0.2, 0.25) is 0 Å². The highest BCUT2D eigenvalue weighted by atomic mass is 16.5. The zero-order valence-corrected chi connectivity index (χ0v) is 15.6. The molecule has 0 saturated carbocycles. The molecule has 27 heavy (non-hydrogen) atoms. The molecular formula is C21H23N3O3. The van der Waals surface area contributed by atoms with E-state index in [2.05, 4.69) is 22.3 Å². The van der Waals surface area contributed by atoms with Gasteiger partial charge in [-0.2, -0.15) is 0 Å². The van der Waals surface area contributed by atoms with Crippen LogP contribution < -0.4 is 10.1 Å². The topological polar surface area (TPSA) is 74.2 Å². The standard InChI is InChI=1S/C21H23N3O3/c1-3-24-10-9-13-15(14-7-5-6-8-18(14)27-4-2)11-16-19(17(13)12-24)22-21(25)20(16)23-26/h5-8,11,26H,3-4,9-10,12H2,1-2H3,(H,22,23,25). The summed E-state index contributed by atoms with van der Waals surface area (Å²) in [6.07, 6.45) is 0.897. The number of ether oxygens (including phenoxy) is 1. The summed E-state index contributed by atoms with van der Waals surface area (Å²) < 4.78 is 5.85. The first kappa shape index (κ1) is 17.5. The van der Waals surface area contributed by atoms with Gasteiger partial charge in [0.25, 0.3) is 5.91 Å². The van der Waals surface area contributed by atoms with Gasteiger partial charge in [0.1, 0.15) is 5.75 Å². The Bertz CT molecular complexity index is 937. The van der Waals surface area contributed by atoms with E-state index in [9.17, 15) is 10.0 Å². The van der Waals surface area contributed by atoms with Crippen molar-refractivity contribution in [3.05, 3.63) is 47.0 Å². The van der Waals surface area contributed by atoms with Crippen LogP contribution in [-0.4, -0.2) is 41.4 Å². The normalized spacial score (nSPS) is 17.6. The number of hydrogen-bond donors (Lipinski definition) is 2. The van der Waals surface area contributed by atoms with Crippen LogP contribution in [0.4, 0.5) is 5.69 Å². The van der Waals surface area contributed by atoms with E-state index in [0.29, 0.717) is 12.2 Å². The molecule has 2 aliphatic rings. The van der Waals surface area contributed by atoms with Gasteiger partial charge in [0.2, 0.25) is 0 Å². The molecule has 6 heteroatoms. The largest absolute Gasteiger partial charge is 0.493 e. The lowest BCUT2D eigenvalue weighted by Gasteiger charge is -2.31. The lowest BCUT2D eigenvalue weighted by molar-refractivity contribution is -0.110. The quantitative estimate of drug-likeness (QED) is 0.644. The van der Waals surface area contributed by atoms with E-state index in [1.54, 1.807) is 0 Å². The highest BCUT2D eigenvalue weighted by Gasteiger charge is 2.34. The smallest absolute Gasteiger partial charge is 0.278 e. The highest BCUT2D eigenvalue weighted by molar-refractivity contribution is 6.54. The van der Waals surface area contributed by atoms with Crippen molar-refractivity contribution in [3.63, 3.8) is 0 Å². The van der Waals surface area contributed by atoms with Gasteiger partial charge in [0, 0.05) is 24.2 Å². The lowest BCUT2D eigenvalue weighted by atomic mass is 9.86. The van der Waals surface area contributed by atoms with E-state index in [0.717, 1.165) is 54.2 Å². The van der Waals surface area contributed by atoms with Gasteiger partial charge in [-0.1, -0.05) is 30.3 Å². The second kappa shape index (κ2) is 7.04. The molecule has 6 nitrogen and oxygen atoms in total. The maximum absolute atomic E-state index is 12.3. The average Bonchev–Trinajstić information content (AvgIpc) is 3.03. The Morgan fingerprint density at radius 1 is 1.19 bits per heavy atom. The van der Waals surface area contributed by atoms with Crippen molar-refractivity contribution >= 4 is 17.3 Å². The molecule has 140 valence electrons. The SMILES string of the molecule is CCOc1ccccc1-c1cc2c(c3c1CCN(CC)C3)NC(=O)/C2=N\O. The number of fused-ring (bicyclic) bond motifs is 3. The third kappa shape index (κ3) is 2.86. The van der Waals surface area contributed by atoms with Gasteiger partial charge < -0.3 is 15.3 Å². The predicted molar refractivity (Wildman–Crippen MR) is 105 cm³/mol. The van der Waals surface area contributed by atoms with Crippen LogP contribution in [0.1, 0.15) is 30.5 Å². The Hall–Kier alpha value is -2.86. The second-order valence-corrected chi connectivity index (χ2v) is 6.75. The first-order chi connectivity index (χ1) is 13.2. The maximum atomic E-state index is 12.3. The van der Waals surface area contributed by atoms with Crippen molar-refractivity contribution in [2.75, 3.05) is 25.0 Å². The summed E-state index contributed by atoms with van der Waals surface area (Å²) in [6, 6.07) is 9.91. The molecule has 2 aromatic rings. The van der Waals surface area contributed by atoms with Gasteiger partial charge in [0.05, 0.1) is 12.3 Å². The van der Waals surface area contributed by atoms with Gasteiger partial charge in [-0.05, 0) is 48.7 Å². The van der Waals surface area contributed by atoms with Crippen LogP contribution in [0.25, 0.3) is 11.1 Å². The molecule has 1 amide bonds. The Morgan fingerprint density at radius 3 is 2.74 bits per heavy atom. The number of para-hydroxylation sites is 1. The van der Waals surface area contributed by atoms with E-state index in [4.69, 9.17) is 4.74 Å². The fourth-order valence-corrected chi connectivity index (χ4v) is 4.02. The molecule has 2 aliphatic heterocycles. The molecule has 2 N–H and O–H groups in total. The fourth-order valence-electron chi connectivity index (χ4n) is 4.02. The minimum Gasteiger partial charge on any atom is -0.493 e. The summed E-state index contributed by atoms with van der Waals surface area (Å²) in [5.41, 5.74) is 5.87. The summed E-state index contributed by atoms with van der Waals surface area (Å²) in [5, 5.41) is 15.5. The van der Waals surface area contributed by atoms with E-state index >= 15 is 0 Å². The zero-order chi connectivity index (χ0) is 19.0. The number of benzene rings is 2. The number of oxime groups is 1. The Kier molecular flexibility index (Phi) is 4.58. The number of anilines is 1. The number of hydrogen-bond acceptors (Lipinski definition) is 5. The van der Waals surface area contributed by atoms with Gasteiger partial charge >= 0.3 is 0 Å². The van der Waals surface area contributed by atoms with E-state index in [1.165, 1.54) is 5.56 Å². The first-order valence-corrected chi connectivity index (χ1v) is 9.35. The number of carbonyl (C=O) groups excluding carboxylic acids is 1. The molecule has 0 saturated heterocycles. The Morgan fingerprint density at radius 2 is 2.00 bits per heavy atom. The van der Waals surface area contributed by atoms with Crippen molar-refractivity contribution in [1.82, 2.24) is 4.90 Å². The van der Waals surface area contributed by atoms with Crippen LogP contribution in [0.3, 0.4) is 0 Å². The number of likely N-dealkylation sites (N-methyl/N-ethyl adjacent to an activating group) is 1. The van der Waals surface area contributed by atoms with Crippen LogP contribution >= 0.6 is 0 Å². The van der Waals surface area contributed by atoms with Gasteiger partial charge in [-0.25, -0.2) is 0 Å². The third-order valence-corrected chi connectivity index (χ3v) is 5.34. The summed E-state index contributed by atoms with van der Waals surface area (Å²) in [4.78, 5) is 14.6. The highest BCUT2D eigenvalue weighted by Crippen LogP contribution is 2.42. The van der Waals surface area contributed by atoms with Crippen LogP contribution in [0, 0.1) is 0 Å². The third-order valence-electron chi connectivity index (χ3n) is 5.34. The molecular weight excluding hydrogens is 342 g/mol. The van der Waals surface area contributed by atoms with Crippen molar-refractivity contribution in [3.8, 4) is 16.9 Å². The number of carbonyl (C=O) groups is 1. The predicted octanol–water partition coefficient (Wildman–Crippen LogP) is 3.26. The number of nitrogens with one attached hydrogen (secondary N) is 1. The zero-order valence-electron chi connectivity index (χ0n) is 15.6. The molecule has 0 aliphatic carbocycles. The molecule has 0 fully saturated rings. The van der Waals surface area contributed by atoms with Crippen LogP contribution in [0.15, 0.2) is 35.5 Å². The molecule has 0 unspecified atom stereocenters. The summed E-state index contributed by atoms with van der Waals surface area (Å²) in [5.74, 6) is 0.457. The number of amides is 1. The minimum absolute atomic E-state index is 0.0663. The monoisotopic (exact) mass is 365 g/mol. The average molecular weight is 365 g/mol. The van der Waals surface area contributed by atoms with E-state index in [1.807, 2.05) is 37.3 Å². The fraction of sp³-hybridized carbons (Fsp3) is 0.333. The van der Waals surface area contributed by atoms with Crippen molar-refractivity contribution in [2.45, 2.75) is 26.8 Å². The summed E-state index contributed by atoms with van der Waals surface area (Å²) in [6.45, 7) is 7.37. The molecule has 2 heterocycles. The van der Waals surface area contributed by atoms with Crippen LogP contribution in [-0.2, 0) is 17.8 Å². The molecule has 0 atom stereocenters. The van der Waals surface area contributed by atoms with Crippen molar-refractivity contribution in [1.29, 1.82) is 0 Å². The van der Waals surface area contributed by atoms with Crippen LogP contribution in [0.5, 0.6) is 5.75 Å². The second-order valence-electron chi connectivity index (χ2n) is 6.75. The summed E-state index contributed by atoms with van der Waals surface area (Å²) in [7, 11) is 0. The molecule has 4 rings (SSSR count). The summed E-state index contributed by atoms with van der Waals surface area (Å²) >= 11 is 0. The molecule has 0 aromatic heterocycles.